The summed E-state index contributed by atoms with van der Waals surface area (Å²) in [6.45, 7) is 0. The Labute approximate surface area is 70.7 Å². The van der Waals surface area contributed by atoms with Crippen LogP contribution in [0.3, 0.4) is 0 Å². The second-order valence-electron chi connectivity index (χ2n) is 2.45. The van der Waals surface area contributed by atoms with Crippen LogP contribution < -0.4 is 0 Å². The first-order valence-electron chi connectivity index (χ1n) is 2.59. The lowest BCUT2D eigenvalue weighted by Crippen LogP contribution is -2.29. The maximum atomic E-state index is 2.58. The lowest BCUT2D eigenvalue weighted by molar-refractivity contribution is 0.540. The van der Waals surface area contributed by atoms with Crippen molar-refractivity contribution in [3.8, 4) is 0 Å². The van der Waals surface area contributed by atoms with Gasteiger partial charge in [0, 0.05) is 7.85 Å². The fraction of sp³-hybridized carbons (Fsp3) is 1.00. The van der Waals surface area contributed by atoms with Crippen molar-refractivity contribution in [2.45, 2.75) is 14.3 Å². The van der Waals surface area contributed by atoms with Crippen molar-refractivity contribution in [3.05, 3.63) is 0 Å². The molecule has 0 radical (unpaired) electrons. The molecule has 0 aromatic heterocycles. The molecule has 0 saturated heterocycles. The smallest absolute Gasteiger partial charge is 0.0262 e. The average molecular weight is 320 g/mol. The average Bonchev–Trinajstić information content (AvgIpc) is 2.39. The van der Waals surface area contributed by atoms with Crippen molar-refractivity contribution in [1.82, 2.24) is 0 Å². The van der Waals surface area contributed by atoms with Gasteiger partial charge < -0.3 is 0 Å². The summed E-state index contributed by atoms with van der Waals surface area (Å²) in [5, 5.41) is 0. The standard InChI is InChI=1S/C5H6I2/c6-4-2-1-3(2)5(4)7/h2-5H,1H2/t2-,3-,4-,5+/m1/s1. The Morgan fingerprint density at radius 2 is 1.43 bits per heavy atom. The number of fused-ring (bicyclic) bond motifs is 1. The third-order valence-corrected chi connectivity index (χ3v) is 6.79. The van der Waals surface area contributed by atoms with Gasteiger partial charge in [-0.2, -0.15) is 0 Å². The number of halogens is 2. The minimum absolute atomic E-state index is 1.03. The van der Waals surface area contributed by atoms with E-state index in [0.717, 1.165) is 19.7 Å². The van der Waals surface area contributed by atoms with Crippen LogP contribution in [0.5, 0.6) is 0 Å². The second kappa shape index (κ2) is 1.49. The van der Waals surface area contributed by atoms with Crippen molar-refractivity contribution >= 4 is 45.2 Å². The first kappa shape index (κ1) is 5.26. The van der Waals surface area contributed by atoms with Crippen LogP contribution in [0.1, 0.15) is 6.42 Å². The van der Waals surface area contributed by atoms with E-state index >= 15 is 0 Å². The van der Waals surface area contributed by atoms with Gasteiger partial charge in [-0.15, -0.1) is 0 Å². The van der Waals surface area contributed by atoms with E-state index in [1.807, 2.05) is 0 Å². The normalized spacial score (nSPS) is 66.0. The van der Waals surface area contributed by atoms with E-state index in [-0.39, 0.29) is 0 Å². The molecule has 2 aliphatic rings. The fourth-order valence-corrected chi connectivity index (χ4v) is 4.02. The van der Waals surface area contributed by atoms with Crippen LogP contribution in [-0.2, 0) is 0 Å². The molecule has 0 spiro atoms. The number of hydrogen-bond donors (Lipinski definition) is 0. The van der Waals surface area contributed by atoms with Crippen molar-refractivity contribution in [2.24, 2.45) is 11.8 Å². The summed E-state index contributed by atoms with van der Waals surface area (Å²) in [5.41, 5.74) is 0. The Kier molecular flexibility index (Phi) is 1.12. The second-order valence-corrected chi connectivity index (χ2v) is 5.33. The highest BCUT2D eigenvalue weighted by molar-refractivity contribution is 14.1. The van der Waals surface area contributed by atoms with Gasteiger partial charge in [-0.3, -0.25) is 0 Å². The zero-order chi connectivity index (χ0) is 5.02. The molecule has 2 rings (SSSR count). The van der Waals surface area contributed by atoms with Gasteiger partial charge in [0.25, 0.3) is 0 Å². The van der Waals surface area contributed by atoms with E-state index in [9.17, 15) is 0 Å². The molecule has 40 valence electrons. The van der Waals surface area contributed by atoms with E-state index in [1.165, 1.54) is 0 Å². The molecule has 2 heteroatoms. The van der Waals surface area contributed by atoms with Gasteiger partial charge in [-0.1, -0.05) is 45.2 Å². The first-order valence-corrected chi connectivity index (χ1v) is 5.08. The molecule has 7 heavy (non-hydrogen) atoms. The van der Waals surface area contributed by atoms with Crippen LogP contribution in [0.2, 0.25) is 0 Å². The lowest BCUT2D eigenvalue weighted by Gasteiger charge is -2.25. The molecule has 0 heterocycles. The highest BCUT2D eigenvalue weighted by Crippen LogP contribution is 2.62. The van der Waals surface area contributed by atoms with Crippen LogP contribution >= 0.6 is 45.2 Å². The van der Waals surface area contributed by atoms with E-state index < -0.39 is 0 Å². The van der Waals surface area contributed by atoms with Gasteiger partial charge in [0.15, 0.2) is 0 Å². The molecule has 0 bridgehead atoms. The molecule has 0 N–H and O–H groups in total. The first-order chi connectivity index (χ1) is 3.30. The van der Waals surface area contributed by atoms with Gasteiger partial charge in [0.05, 0.1) is 0 Å². The van der Waals surface area contributed by atoms with E-state index in [0.29, 0.717) is 0 Å². The Balaban J connectivity index is 2.09. The summed E-state index contributed by atoms with van der Waals surface area (Å²) in [6, 6.07) is 0. The Bertz CT molecular complexity index is 90.3. The zero-order valence-electron chi connectivity index (χ0n) is 3.77. The van der Waals surface area contributed by atoms with Crippen LogP contribution in [0.25, 0.3) is 0 Å². The third-order valence-electron chi connectivity index (χ3n) is 2.01. The highest BCUT2D eigenvalue weighted by atomic mass is 127. The van der Waals surface area contributed by atoms with Gasteiger partial charge >= 0.3 is 0 Å². The van der Waals surface area contributed by atoms with E-state index in [4.69, 9.17) is 0 Å². The molecule has 2 fully saturated rings. The summed E-state index contributed by atoms with van der Waals surface area (Å²) in [7, 11) is 0. The van der Waals surface area contributed by atoms with Crippen molar-refractivity contribution in [2.75, 3.05) is 0 Å². The molecule has 0 nitrogen and oxygen atoms in total. The van der Waals surface area contributed by atoms with Crippen molar-refractivity contribution in [3.63, 3.8) is 0 Å². The summed E-state index contributed by atoms with van der Waals surface area (Å²) in [4.78, 5) is 0. The number of hydrogen-bond acceptors (Lipinski definition) is 0. The molecule has 0 aromatic carbocycles. The highest BCUT2D eigenvalue weighted by Gasteiger charge is 2.59. The Morgan fingerprint density at radius 3 is 1.57 bits per heavy atom. The molecule has 0 aromatic rings. The van der Waals surface area contributed by atoms with Crippen LogP contribution in [-0.4, -0.2) is 7.85 Å². The van der Waals surface area contributed by atoms with Crippen LogP contribution in [0, 0.1) is 11.8 Å². The number of alkyl halides is 2. The third kappa shape index (κ3) is 0.587. The molecule has 0 unspecified atom stereocenters. The minimum Gasteiger partial charge on any atom is -0.0812 e. The van der Waals surface area contributed by atoms with Crippen LogP contribution in [0.4, 0.5) is 0 Å². The summed E-state index contributed by atoms with van der Waals surface area (Å²) < 4.78 is 2.06. The van der Waals surface area contributed by atoms with Gasteiger partial charge in [0.1, 0.15) is 0 Å². The summed E-state index contributed by atoms with van der Waals surface area (Å²) >= 11 is 5.16. The quantitative estimate of drug-likeness (QED) is 0.474. The predicted molar refractivity (Wildman–Crippen MR) is 47.2 cm³/mol. The Morgan fingerprint density at radius 1 is 1.00 bits per heavy atom. The molecule has 2 aliphatic carbocycles. The van der Waals surface area contributed by atoms with Crippen molar-refractivity contribution in [1.29, 1.82) is 0 Å². The zero-order valence-corrected chi connectivity index (χ0v) is 8.09. The van der Waals surface area contributed by atoms with E-state index in [2.05, 4.69) is 45.2 Å². The SMILES string of the molecule is I[C@@H]1[C@H](I)[C@@H]2C[C@@H]12. The maximum absolute atomic E-state index is 2.58. The molecule has 0 amide bonds. The molecular weight excluding hydrogens is 314 g/mol. The largest absolute Gasteiger partial charge is 0.0812 e. The minimum atomic E-state index is 1.03. The van der Waals surface area contributed by atoms with Gasteiger partial charge in [0.2, 0.25) is 0 Å². The van der Waals surface area contributed by atoms with Crippen molar-refractivity contribution < 1.29 is 0 Å². The monoisotopic (exact) mass is 320 g/mol. The maximum Gasteiger partial charge on any atom is 0.0262 e. The van der Waals surface area contributed by atoms with Gasteiger partial charge in [-0.05, 0) is 18.3 Å². The molecule has 2 saturated carbocycles. The topological polar surface area (TPSA) is 0 Å². The summed E-state index contributed by atoms with van der Waals surface area (Å²) in [5.74, 6) is 2.31. The predicted octanol–water partition coefficient (Wildman–Crippen LogP) is 2.24. The molecule has 0 aliphatic heterocycles. The van der Waals surface area contributed by atoms with Crippen LogP contribution in [0.15, 0.2) is 0 Å². The van der Waals surface area contributed by atoms with Gasteiger partial charge in [-0.25, -0.2) is 0 Å². The lowest BCUT2D eigenvalue weighted by atomic mass is 10.0. The Hall–Kier alpha value is 1.46. The molecular formula is C5H6I2. The fourth-order valence-electron chi connectivity index (χ4n) is 1.29. The summed E-state index contributed by atoms with van der Waals surface area (Å²) in [6.07, 6.45) is 1.54. The van der Waals surface area contributed by atoms with E-state index in [1.54, 1.807) is 6.42 Å². The number of rotatable bonds is 0. The molecule has 4 atom stereocenters.